The molecule has 0 radical (unpaired) electrons. The minimum absolute atomic E-state index is 0.0536. The number of carbonyl (C=O) groups is 1. The molecule has 3 rings (SSSR count). The number of halogens is 1. The molecule has 0 saturated carbocycles. The van der Waals surface area contributed by atoms with Crippen molar-refractivity contribution in [2.75, 3.05) is 52.0 Å². The number of nitrogens with zero attached hydrogens (tertiary/aromatic N) is 3. The number of hydrogen-bond donors (Lipinski definition) is 1. The van der Waals surface area contributed by atoms with Gasteiger partial charge in [0.1, 0.15) is 5.82 Å². The number of hydrogen-bond acceptors (Lipinski definition) is 7. The van der Waals surface area contributed by atoms with E-state index >= 15 is 0 Å². The highest BCUT2D eigenvalue weighted by Crippen LogP contribution is 2.29. The Bertz CT molecular complexity index is 965. The third-order valence-electron chi connectivity index (χ3n) is 4.48. The van der Waals surface area contributed by atoms with Crippen LogP contribution in [0, 0.1) is 0 Å². The third-order valence-corrected chi connectivity index (χ3v) is 4.72. The third kappa shape index (κ3) is 5.69. The van der Waals surface area contributed by atoms with E-state index in [4.69, 9.17) is 30.5 Å². The lowest BCUT2D eigenvalue weighted by Crippen LogP contribution is -2.34. The molecule has 9 heteroatoms. The predicted octanol–water partition coefficient (Wildman–Crippen LogP) is 3.15. The molecule has 1 aromatic carbocycles. The number of nitrogens with one attached hydrogen (secondary N) is 1. The molecule has 0 bridgehead atoms. The van der Waals surface area contributed by atoms with Gasteiger partial charge in [0.2, 0.25) is 5.91 Å². The summed E-state index contributed by atoms with van der Waals surface area (Å²) in [4.78, 5) is 23.6. The molecule has 0 aliphatic rings. The highest BCUT2D eigenvalue weighted by atomic mass is 35.5. The predicted molar refractivity (Wildman–Crippen MR) is 116 cm³/mol. The number of methoxy groups -OCH3 is 2. The number of carbonyl (C=O) groups excluding carboxylic acids is 1. The Morgan fingerprint density at radius 1 is 1.17 bits per heavy atom. The summed E-state index contributed by atoms with van der Waals surface area (Å²) in [7, 11) is 3.24. The molecule has 0 fully saturated rings. The van der Waals surface area contributed by atoms with Crippen molar-refractivity contribution < 1.29 is 18.7 Å². The van der Waals surface area contributed by atoms with Crippen LogP contribution in [0.5, 0.6) is 0 Å². The van der Waals surface area contributed by atoms with E-state index < -0.39 is 0 Å². The maximum absolute atomic E-state index is 12.2. The molecule has 0 spiro atoms. The Morgan fingerprint density at radius 2 is 2.00 bits per heavy atom. The molecule has 8 nitrogen and oxygen atoms in total. The summed E-state index contributed by atoms with van der Waals surface area (Å²) >= 11 is 6.19. The lowest BCUT2D eigenvalue weighted by Gasteiger charge is -2.25. The first-order valence-electron chi connectivity index (χ1n) is 9.63. The van der Waals surface area contributed by atoms with E-state index in [1.807, 2.05) is 11.0 Å². The number of anilines is 1. The molecule has 0 atom stereocenters. The summed E-state index contributed by atoms with van der Waals surface area (Å²) in [5.74, 6) is 1.66. The molecular weight excluding hydrogens is 408 g/mol. The second-order valence-corrected chi connectivity index (χ2v) is 7.02. The number of furan rings is 1. The first-order valence-corrected chi connectivity index (χ1v) is 10.0. The lowest BCUT2D eigenvalue weighted by atomic mass is 10.2. The van der Waals surface area contributed by atoms with E-state index in [2.05, 4.69) is 10.3 Å². The van der Waals surface area contributed by atoms with Crippen molar-refractivity contribution in [1.82, 2.24) is 15.3 Å². The monoisotopic (exact) mass is 432 g/mol. The summed E-state index contributed by atoms with van der Waals surface area (Å²) in [6.45, 7) is 2.47. The molecule has 160 valence electrons. The Hall–Kier alpha value is -2.68. The van der Waals surface area contributed by atoms with Gasteiger partial charge in [0.05, 0.1) is 25.0 Å². The van der Waals surface area contributed by atoms with E-state index in [1.54, 1.807) is 44.7 Å². The largest absolute Gasteiger partial charge is 0.461 e. The molecule has 2 aromatic heterocycles. The highest BCUT2D eigenvalue weighted by molar-refractivity contribution is 6.31. The molecule has 3 aromatic rings. The number of aromatic nitrogens is 2. The van der Waals surface area contributed by atoms with Crippen LogP contribution in [0.25, 0.3) is 22.5 Å². The Morgan fingerprint density at radius 3 is 2.73 bits per heavy atom. The fraction of sp³-hybridized carbons (Fsp3) is 0.381. The number of amides is 1. The first kappa shape index (κ1) is 22.0. The van der Waals surface area contributed by atoms with Crippen LogP contribution in [0.15, 0.2) is 41.0 Å². The zero-order valence-electron chi connectivity index (χ0n) is 17.1. The van der Waals surface area contributed by atoms with Gasteiger partial charge in [-0.1, -0.05) is 11.6 Å². The van der Waals surface area contributed by atoms with E-state index in [-0.39, 0.29) is 5.91 Å². The van der Waals surface area contributed by atoms with E-state index in [9.17, 15) is 4.79 Å². The van der Waals surface area contributed by atoms with Crippen LogP contribution in [0.2, 0.25) is 5.02 Å². The summed E-state index contributed by atoms with van der Waals surface area (Å²) in [6.07, 6.45) is 1.89. The smallest absolute Gasteiger partial charge is 0.221 e. The van der Waals surface area contributed by atoms with Gasteiger partial charge in [0, 0.05) is 50.7 Å². The van der Waals surface area contributed by atoms with Crippen LogP contribution >= 0.6 is 11.6 Å². The fourth-order valence-electron chi connectivity index (χ4n) is 2.99. The van der Waals surface area contributed by atoms with E-state index in [0.29, 0.717) is 67.2 Å². The molecule has 0 aliphatic heterocycles. The van der Waals surface area contributed by atoms with E-state index in [1.165, 1.54) is 0 Å². The van der Waals surface area contributed by atoms with Crippen LogP contribution in [0.3, 0.4) is 0 Å². The van der Waals surface area contributed by atoms with Crippen molar-refractivity contribution in [1.29, 1.82) is 0 Å². The number of benzene rings is 1. The van der Waals surface area contributed by atoms with Crippen molar-refractivity contribution in [3.05, 3.63) is 41.6 Å². The number of fused-ring (bicyclic) bond motifs is 1. The summed E-state index contributed by atoms with van der Waals surface area (Å²) in [5, 5.41) is 4.26. The molecule has 2 heterocycles. The van der Waals surface area contributed by atoms with Gasteiger partial charge in [-0.15, -0.1) is 0 Å². The van der Waals surface area contributed by atoms with Crippen molar-refractivity contribution in [2.24, 2.45) is 0 Å². The maximum Gasteiger partial charge on any atom is 0.221 e. The Balaban J connectivity index is 1.92. The second kappa shape index (κ2) is 10.9. The number of rotatable bonds is 11. The molecular formula is C21H25ClN4O4. The van der Waals surface area contributed by atoms with E-state index in [0.717, 1.165) is 5.39 Å². The second-order valence-electron chi connectivity index (χ2n) is 6.58. The minimum Gasteiger partial charge on any atom is -0.461 e. The normalized spacial score (nSPS) is 11.0. The summed E-state index contributed by atoms with van der Waals surface area (Å²) in [5.41, 5.74) is 0.700. The maximum atomic E-state index is 12.2. The average Bonchev–Trinajstić information content (AvgIpc) is 3.28. The van der Waals surface area contributed by atoms with Crippen LogP contribution in [-0.4, -0.2) is 62.9 Å². The molecule has 30 heavy (non-hydrogen) atoms. The molecule has 0 unspecified atom stereocenters. The van der Waals surface area contributed by atoms with Crippen molar-refractivity contribution in [3.63, 3.8) is 0 Å². The van der Waals surface area contributed by atoms with Crippen LogP contribution in [0.1, 0.15) is 6.42 Å². The lowest BCUT2D eigenvalue weighted by molar-refractivity contribution is -0.121. The van der Waals surface area contributed by atoms with Gasteiger partial charge in [0.25, 0.3) is 0 Å². The van der Waals surface area contributed by atoms with Crippen molar-refractivity contribution in [2.45, 2.75) is 6.42 Å². The Labute approximate surface area is 180 Å². The molecule has 0 saturated heterocycles. The summed E-state index contributed by atoms with van der Waals surface area (Å²) < 4.78 is 15.7. The molecule has 1 N–H and O–H groups in total. The molecule has 1 amide bonds. The SMILES string of the molecule is COCCNC(=O)CCN(CCOC)c1nc(-c2ccco2)nc2cc(Cl)ccc12. The number of ether oxygens (including phenoxy) is 2. The van der Waals surface area contributed by atoms with Gasteiger partial charge in [-0.25, -0.2) is 9.97 Å². The van der Waals surface area contributed by atoms with Gasteiger partial charge >= 0.3 is 0 Å². The topological polar surface area (TPSA) is 89.7 Å². The summed E-state index contributed by atoms with van der Waals surface area (Å²) in [6, 6.07) is 9.07. The molecule has 0 aliphatic carbocycles. The zero-order valence-corrected chi connectivity index (χ0v) is 17.8. The zero-order chi connectivity index (χ0) is 21.3. The standard InChI is InChI=1S/C21H25ClN4O4/c1-28-12-8-23-19(27)7-9-26(10-13-29-2)21-16-6-5-15(22)14-17(16)24-20(25-21)18-4-3-11-30-18/h3-6,11,14H,7-10,12-13H2,1-2H3,(H,23,27). The van der Waals surface area contributed by atoms with Crippen LogP contribution in [0.4, 0.5) is 5.82 Å². The van der Waals surface area contributed by atoms with Crippen molar-refractivity contribution in [3.8, 4) is 11.6 Å². The van der Waals surface area contributed by atoms with Crippen LogP contribution < -0.4 is 10.2 Å². The minimum atomic E-state index is -0.0536. The van der Waals surface area contributed by atoms with Gasteiger partial charge in [-0.05, 0) is 30.3 Å². The average molecular weight is 433 g/mol. The fourth-order valence-corrected chi connectivity index (χ4v) is 3.15. The highest BCUT2D eigenvalue weighted by Gasteiger charge is 2.18. The quantitative estimate of drug-likeness (QED) is 0.465. The van der Waals surface area contributed by atoms with Gasteiger partial charge in [-0.2, -0.15) is 0 Å². The Kier molecular flexibility index (Phi) is 8.01. The van der Waals surface area contributed by atoms with Gasteiger partial charge in [0.15, 0.2) is 11.6 Å². The first-order chi connectivity index (χ1) is 14.6. The van der Waals surface area contributed by atoms with Crippen LogP contribution in [-0.2, 0) is 14.3 Å². The van der Waals surface area contributed by atoms with Gasteiger partial charge < -0.3 is 24.1 Å². The van der Waals surface area contributed by atoms with Gasteiger partial charge in [-0.3, -0.25) is 4.79 Å². The van der Waals surface area contributed by atoms with Crippen molar-refractivity contribution >= 4 is 34.2 Å².